The number of carbonyl (C=O) groups is 1. The summed E-state index contributed by atoms with van der Waals surface area (Å²) in [5, 5.41) is 15.9. The third-order valence-corrected chi connectivity index (χ3v) is 4.17. The molecule has 2 heterocycles. The molecule has 1 aromatic heterocycles. The van der Waals surface area contributed by atoms with Gasteiger partial charge in [0.05, 0.1) is 18.2 Å². The zero-order chi connectivity index (χ0) is 16.8. The highest BCUT2D eigenvalue weighted by Crippen LogP contribution is 2.34. The number of hydrogen-bond acceptors (Lipinski definition) is 7. The van der Waals surface area contributed by atoms with Crippen molar-refractivity contribution in [2.45, 2.75) is 11.6 Å². The number of nitrogens with zero attached hydrogens (tertiary/aromatic N) is 4. The molecule has 0 radical (unpaired) electrons. The molecule has 0 spiro atoms. The Morgan fingerprint density at radius 1 is 1.38 bits per heavy atom. The summed E-state index contributed by atoms with van der Waals surface area (Å²) in [5.74, 6) is 1.34. The van der Waals surface area contributed by atoms with Crippen molar-refractivity contribution in [1.82, 2.24) is 15.2 Å². The van der Waals surface area contributed by atoms with Crippen LogP contribution in [0.2, 0.25) is 0 Å². The highest BCUT2D eigenvalue weighted by atomic mass is 32.2. The molecule has 0 bridgehead atoms. The standard InChI is InChI=1S/C15H15N5O3S/c16-4-1-5-20(14(21)9-24-15-17-10-18-19-15)11-2-3-12-13(8-11)23-7-6-22-12/h2-3,8,10H,1,5-7,9H2,(H,17,18,19). The van der Waals surface area contributed by atoms with Gasteiger partial charge in [0.15, 0.2) is 16.7 Å². The number of benzene rings is 1. The van der Waals surface area contributed by atoms with E-state index in [0.717, 1.165) is 0 Å². The van der Waals surface area contributed by atoms with Crippen molar-refractivity contribution in [1.29, 1.82) is 5.26 Å². The molecule has 1 aliphatic heterocycles. The van der Waals surface area contributed by atoms with Crippen LogP contribution in [0.5, 0.6) is 11.5 Å². The summed E-state index contributed by atoms with van der Waals surface area (Å²) in [6.45, 7) is 1.30. The number of ether oxygens (including phenoxy) is 2. The molecule has 1 N–H and O–H groups in total. The molecule has 24 heavy (non-hydrogen) atoms. The normalized spacial score (nSPS) is 12.5. The van der Waals surface area contributed by atoms with Gasteiger partial charge >= 0.3 is 0 Å². The predicted octanol–water partition coefficient (Wildman–Crippen LogP) is 1.61. The molecule has 1 amide bonds. The first-order valence-electron chi connectivity index (χ1n) is 7.33. The first-order chi connectivity index (χ1) is 11.8. The van der Waals surface area contributed by atoms with E-state index in [4.69, 9.17) is 14.7 Å². The number of fused-ring (bicyclic) bond motifs is 1. The molecule has 0 fully saturated rings. The topological polar surface area (TPSA) is 104 Å². The first-order valence-corrected chi connectivity index (χ1v) is 8.31. The second-order valence-corrected chi connectivity index (χ2v) is 5.82. The van der Waals surface area contributed by atoms with Crippen molar-refractivity contribution in [2.75, 3.05) is 30.4 Å². The number of thioether (sulfide) groups is 1. The molecule has 9 heteroatoms. The zero-order valence-electron chi connectivity index (χ0n) is 12.8. The summed E-state index contributed by atoms with van der Waals surface area (Å²) >= 11 is 1.26. The number of carbonyl (C=O) groups excluding carboxylic acids is 1. The largest absolute Gasteiger partial charge is 0.486 e. The maximum atomic E-state index is 12.6. The molecule has 3 rings (SSSR count). The third-order valence-electron chi connectivity index (χ3n) is 3.31. The molecule has 0 aliphatic carbocycles. The summed E-state index contributed by atoms with van der Waals surface area (Å²) in [7, 11) is 0. The van der Waals surface area contributed by atoms with E-state index in [0.29, 0.717) is 42.1 Å². The van der Waals surface area contributed by atoms with Crippen LogP contribution in [0.1, 0.15) is 6.42 Å². The maximum absolute atomic E-state index is 12.6. The summed E-state index contributed by atoms with van der Waals surface area (Å²) in [5.41, 5.74) is 0.678. The highest BCUT2D eigenvalue weighted by molar-refractivity contribution is 7.99. The Labute approximate surface area is 142 Å². The van der Waals surface area contributed by atoms with E-state index in [-0.39, 0.29) is 18.1 Å². The summed E-state index contributed by atoms with van der Waals surface area (Å²) in [4.78, 5) is 18.1. The number of nitrogens with one attached hydrogen (secondary N) is 1. The molecule has 1 aromatic carbocycles. The highest BCUT2D eigenvalue weighted by Gasteiger charge is 2.19. The van der Waals surface area contributed by atoms with Gasteiger partial charge in [0, 0.05) is 18.3 Å². The lowest BCUT2D eigenvalue weighted by molar-refractivity contribution is -0.116. The minimum Gasteiger partial charge on any atom is -0.486 e. The van der Waals surface area contributed by atoms with Crippen molar-refractivity contribution in [3.05, 3.63) is 24.5 Å². The lowest BCUT2D eigenvalue weighted by atomic mass is 10.2. The zero-order valence-corrected chi connectivity index (χ0v) is 13.6. The van der Waals surface area contributed by atoms with E-state index >= 15 is 0 Å². The van der Waals surface area contributed by atoms with Crippen molar-refractivity contribution in [3.8, 4) is 17.6 Å². The van der Waals surface area contributed by atoms with Gasteiger partial charge in [-0.3, -0.25) is 9.89 Å². The van der Waals surface area contributed by atoms with Crippen LogP contribution in [0.25, 0.3) is 0 Å². The Kier molecular flexibility index (Phi) is 5.18. The quantitative estimate of drug-likeness (QED) is 0.793. The Hall–Kier alpha value is -2.73. The van der Waals surface area contributed by atoms with E-state index in [2.05, 4.69) is 21.3 Å². The van der Waals surface area contributed by atoms with E-state index in [9.17, 15) is 4.79 Å². The van der Waals surface area contributed by atoms with Crippen molar-refractivity contribution in [2.24, 2.45) is 0 Å². The van der Waals surface area contributed by atoms with Gasteiger partial charge in [0.2, 0.25) is 5.91 Å². The van der Waals surface area contributed by atoms with Crippen LogP contribution in [0, 0.1) is 11.3 Å². The van der Waals surface area contributed by atoms with Crippen molar-refractivity contribution in [3.63, 3.8) is 0 Å². The molecule has 0 unspecified atom stereocenters. The second-order valence-electron chi connectivity index (χ2n) is 4.86. The third kappa shape index (κ3) is 3.78. The molecular weight excluding hydrogens is 330 g/mol. The molecule has 2 aromatic rings. The Morgan fingerprint density at radius 2 is 2.21 bits per heavy atom. The van der Waals surface area contributed by atoms with Crippen LogP contribution in [-0.2, 0) is 4.79 Å². The Bertz CT molecular complexity index is 744. The van der Waals surface area contributed by atoms with Gasteiger partial charge in [-0.2, -0.15) is 10.4 Å². The Morgan fingerprint density at radius 3 is 2.96 bits per heavy atom. The SMILES string of the molecule is N#CCCN(C(=O)CSc1ncn[nH]1)c1ccc2c(c1)OCCO2. The fraction of sp³-hybridized carbons (Fsp3) is 0.333. The molecule has 0 atom stereocenters. The van der Waals surface area contributed by atoms with Crippen LogP contribution in [0.15, 0.2) is 29.7 Å². The van der Waals surface area contributed by atoms with Gasteiger partial charge < -0.3 is 14.4 Å². The maximum Gasteiger partial charge on any atom is 0.237 e. The minimum absolute atomic E-state index is 0.122. The molecule has 124 valence electrons. The van der Waals surface area contributed by atoms with Gasteiger partial charge in [0.25, 0.3) is 0 Å². The monoisotopic (exact) mass is 345 g/mol. The predicted molar refractivity (Wildman–Crippen MR) is 87.1 cm³/mol. The van der Waals surface area contributed by atoms with Gasteiger partial charge in [-0.1, -0.05) is 11.8 Å². The van der Waals surface area contributed by atoms with Gasteiger partial charge in [0.1, 0.15) is 19.5 Å². The molecule has 0 saturated heterocycles. The number of hydrogen-bond donors (Lipinski definition) is 1. The number of aromatic nitrogens is 3. The number of nitriles is 1. The fourth-order valence-electron chi connectivity index (χ4n) is 2.23. The lowest BCUT2D eigenvalue weighted by Gasteiger charge is -2.24. The van der Waals surface area contributed by atoms with Crippen LogP contribution in [0.4, 0.5) is 5.69 Å². The number of amides is 1. The van der Waals surface area contributed by atoms with Crippen LogP contribution in [0.3, 0.4) is 0 Å². The molecule has 1 aliphatic rings. The number of aromatic amines is 1. The molecular formula is C15H15N5O3S. The van der Waals surface area contributed by atoms with Crippen LogP contribution < -0.4 is 14.4 Å². The minimum atomic E-state index is -0.122. The number of H-pyrrole nitrogens is 1. The second kappa shape index (κ2) is 7.70. The molecule has 8 nitrogen and oxygen atoms in total. The van der Waals surface area contributed by atoms with E-state index in [1.165, 1.54) is 18.1 Å². The van der Waals surface area contributed by atoms with Gasteiger partial charge in [-0.25, -0.2) is 4.98 Å². The number of rotatable bonds is 6. The first kappa shape index (κ1) is 16.1. The summed E-state index contributed by atoms with van der Waals surface area (Å²) in [6.07, 6.45) is 1.63. The summed E-state index contributed by atoms with van der Waals surface area (Å²) < 4.78 is 11.1. The Balaban J connectivity index is 1.75. The smallest absolute Gasteiger partial charge is 0.237 e. The van der Waals surface area contributed by atoms with Crippen molar-refractivity contribution < 1.29 is 14.3 Å². The van der Waals surface area contributed by atoms with E-state index < -0.39 is 0 Å². The number of anilines is 1. The lowest BCUT2D eigenvalue weighted by Crippen LogP contribution is -2.33. The van der Waals surface area contributed by atoms with Crippen molar-refractivity contribution >= 4 is 23.4 Å². The summed E-state index contributed by atoms with van der Waals surface area (Å²) in [6, 6.07) is 7.41. The fourth-order valence-corrected chi connectivity index (χ4v) is 2.89. The average molecular weight is 345 g/mol. The van der Waals surface area contributed by atoms with Crippen LogP contribution >= 0.6 is 11.8 Å². The van der Waals surface area contributed by atoms with Crippen LogP contribution in [-0.4, -0.2) is 46.6 Å². The average Bonchev–Trinajstić information content (AvgIpc) is 3.13. The van der Waals surface area contributed by atoms with E-state index in [1.54, 1.807) is 23.1 Å². The van der Waals surface area contributed by atoms with Gasteiger partial charge in [-0.05, 0) is 12.1 Å². The van der Waals surface area contributed by atoms with Gasteiger partial charge in [-0.15, -0.1) is 0 Å². The van der Waals surface area contributed by atoms with E-state index in [1.807, 2.05) is 0 Å². The molecule has 0 saturated carbocycles.